The largest absolute Gasteiger partial charge is 0.450 e. The summed E-state index contributed by atoms with van der Waals surface area (Å²) in [5.74, 6) is 1.76. The summed E-state index contributed by atoms with van der Waals surface area (Å²) in [7, 11) is 0. The number of nitrogens with one attached hydrogen (secondary N) is 1. The molecule has 0 aromatic rings. The lowest BCUT2D eigenvalue weighted by Crippen LogP contribution is -2.48. The predicted molar refractivity (Wildman–Crippen MR) is 85.3 cm³/mol. The molecule has 0 bridgehead atoms. The zero-order valence-corrected chi connectivity index (χ0v) is 13.9. The van der Waals surface area contributed by atoms with Gasteiger partial charge in [0.15, 0.2) is 0 Å². The van der Waals surface area contributed by atoms with Crippen LogP contribution in [0.25, 0.3) is 0 Å². The maximum absolute atomic E-state index is 11.7. The van der Waals surface area contributed by atoms with Crippen molar-refractivity contribution in [1.29, 1.82) is 0 Å². The van der Waals surface area contributed by atoms with E-state index in [1.54, 1.807) is 0 Å². The van der Waals surface area contributed by atoms with Gasteiger partial charge in [-0.3, -0.25) is 0 Å². The first-order chi connectivity index (χ1) is 10.1. The molecule has 1 amide bonds. The van der Waals surface area contributed by atoms with E-state index in [0.717, 1.165) is 37.8 Å². The Labute approximate surface area is 129 Å². The van der Waals surface area contributed by atoms with Crippen LogP contribution in [0.3, 0.4) is 0 Å². The number of hydrogen-bond acceptors (Lipinski definition) is 3. The van der Waals surface area contributed by atoms with Crippen molar-refractivity contribution < 1.29 is 9.53 Å². The van der Waals surface area contributed by atoms with E-state index in [2.05, 4.69) is 19.2 Å². The Balaban J connectivity index is 1.66. The van der Waals surface area contributed by atoms with E-state index in [4.69, 9.17) is 4.74 Å². The van der Waals surface area contributed by atoms with Crippen LogP contribution in [0, 0.1) is 11.8 Å². The van der Waals surface area contributed by atoms with Gasteiger partial charge in [-0.1, -0.05) is 13.8 Å². The second-order valence-electron chi connectivity index (χ2n) is 6.98. The number of nitrogens with zero attached hydrogens (tertiary/aromatic N) is 1. The first-order valence-corrected chi connectivity index (χ1v) is 8.77. The van der Waals surface area contributed by atoms with Gasteiger partial charge in [-0.05, 0) is 57.3 Å². The molecular weight excluding hydrogens is 264 g/mol. The average Bonchev–Trinajstić information content (AvgIpc) is 2.49. The molecule has 0 unspecified atom stereocenters. The quantitative estimate of drug-likeness (QED) is 0.864. The van der Waals surface area contributed by atoms with E-state index in [0.29, 0.717) is 18.7 Å². The Kier molecular flexibility index (Phi) is 6.34. The Morgan fingerprint density at radius 3 is 2.19 bits per heavy atom. The van der Waals surface area contributed by atoms with Gasteiger partial charge in [0, 0.05) is 25.2 Å². The summed E-state index contributed by atoms with van der Waals surface area (Å²) < 4.78 is 5.07. The van der Waals surface area contributed by atoms with Crippen LogP contribution in [-0.4, -0.2) is 42.8 Å². The topological polar surface area (TPSA) is 41.6 Å². The summed E-state index contributed by atoms with van der Waals surface area (Å²) in [6.45, 7) is 8.69. The van der Waals surface area contributed by atoms with Crippen LogP contribution in [0.2, 0.25) is 0 Å². The smallest absolute Gasteiger partial charge is 0.409 e. The average molecular weight is 296 g/mol. The van der Waals surface area contributed by atoms with Crippen molar-refractivity contribution >= 4 is 6.09 Å². The molecule has 0 aromatic carbocycles. The molecule has 0 radical (unpaired) electrons. The molecule has 122 valence electrons. The zero-order chi connectivity index (χ0) is 15.2. The van der Waals surface area contributed by atoms with Gasteiger partial charge in [-0.2, -0.15) is 0 Å². The molecule has 4 heteroatoms. The van der Waals surface area contributed by atoms with Crippen molar-refractivity contribution in [3.8, 4) is 0 Å². The van der Waals surface area contributed by atoms with Gasteiger partial charge in [0.1, 0.15) is 0 Å². The van der Waals surface area contributed by atoms with Crippen LogP contribution in [0.1, 0.15) is 59.3 Å². The molecule has 0 atom stereocenters. The van der Waals surface area contributed by atoms with Gasteiger partial charge >= 0.3 is 6.09 Å². The van der Waals surface area contributed by atoms with Gasteiger partial charge in [0.2, 0.25) is 0 Å². The summed E-state index contributed by atoms with van der Waals surface area (Å²) in [4.78, 5) is 13.5. The molecule has 1 saturated heterocycles. The standard InChI is InChI=1S/C17H32N2O2/c1-4-21-17(20)19-11-9-16(10-12-19)18-15-7-5-14(6-8-15)13(2)3/h13-16,18H,4-12H2,1-3H3. The Morgan fingerprint density at radius 2 is 1.67 bits per heavy atom. The third-order valence-electron chi connectivity index (χ3n) is 5.21. The summed E-state index contributed by atoms with van der Waals surface area (Å²) in [5, 5.41) is 3.83. The van der Waals surface area contributed by atoms with Crippen molar-refractivity contribution in [2.24, 2.45) is 11.8 Å². The second-order valence-corrected chi connectivity index (χ2v) is 6.98. The molecule has 0 spiro atoms. The number of carbonyl (C=O) groups is 1. The number of ether oxygens (including phenoxy) is 1. The van der Waals surface area contributed by atoms with Crippen LogP contribution in [-0.2, 0) is 4.74 Å². The molecule has 21 heavy (non-hydrogen) atoms. The second kappa shape index (κ2) is 8.02. The van der Waals surface area contributed by atoms with Crippen molar-refractivity contribution in [3.05, 3.63) is 0 Å². The van der Waals surface area contributed by atoms with Crippen molar-refractivity contribution in [2.75, 3.05) is 19.7 Å². The Hall–Kier alpha value is -0.770. The highest BCUT2D eigenvalue weighted by molar-refractivity contribution is 5.67. The molecule has 2 rings (SSSR count). The van der Waals surface area contributed by atoms with Gasteiger partial charge in [0.05, 0.1) is 6.61 Å². The fourth-order valence-corrected chi connectivity index (χ4v) is 3.73. The number of carbonyl (C=O) groups excluding carboxylic acids is 1. The van der Waals surface area contributed by atoms with Gasteiger partial charge in [-0.15, -0.1) is 0 Å². The molecule has 1 saturated carbocycles. The number of hydrogen-bond donors (Lipinski definition) is 1. The van der Waals surface area contributed by atoms with E-state index >= 15 is 0 Å². The van der Waals surface area contributed by atoms with Crippen LogP contribution >= 0.6 is 0 Å². The summed E-state index contributed by atoms with van der Waals surface area (Å²) in [5.41, 5.74) is 0. The summed E-state index contributed by atoms with van der Waals surface area (Å²) in [6, 6.07) is 1.27. The van der Waals surface area contributed by atoms with Crippen molar-refractivity contribution in [2.45, 2.75) is 71.4 Å². The van der Waals surface area contributed by atoms with E-state index in [-0.39, 0.29) is 6.09 Å². The minimum atomic E-state index is -0.145. The van der Waals surface area contributed by atoms with E-state index in [1.807, 2.05) is 11.8 Å². The number of likely N-dealkylation sites (tertiary alicyclic amines) is 1. The first kappa shape index (κ1) is 16.6. The van der Waals surface area contributed by atoms with Crippen LogP contribution < -0.4 is 5.32 Å². The molecule has 2 fully saturated rings. The Bertz CT molecular complexity index is 317. The molecule has 1 N–H and O–H groups in total. The fourth-order valence-electron chi connectivity index (χ4n) is 3.73. The van der Waals surface area contributed by atoms with Crippen molar-refractivity contribution in [1.82, 2.24) is 10.2 Å². The highest BCUT2D eigenvalue weighted by atomic mass is 16.6. The van der Waals surface area contributed by atoms with E-state index in [9.17, 15) is 4.79 Å². The number of piperidine rings is 1. The normalized spacial score (nSPS) is 27.9. The lowest BCUT2D eigenvalue weighted by Gasteiger charge is -2.37. The highest BCUT2D eigenvalue weighted by Gasteiger charge is 2.28. The van der Waals surface area contributed by atoms with Crippen LogP contribution in [0.4, 0.5) is 4.79 Å². The molecule has 1 heterocycles. The van der Waals surface area contributed by atoms with Gasteiger partial charge in [0.25, 0.3) is 0 Å². The maximum Gasteiger partial charge on any atom is 0.409 e. The number of amides is 1. The van der Waals surface area contributed by atoms with E-state index in [1.165, 1.54) is 25.7 Å². The van der Waals surface area contributed by atoms with Gasteiger partial charge < -0.3 is 15.0 Å². The minimum Gasteiger partial charge on any atom is -0.450 e. The molecule has 0 aromatic heterocycles. The highest BCUT2D eigenvalue weighted by Crippen LogP contribution is 2.30. The van der Waals surface area contributed by atoms with Crippen molar-refractivity contribution in [3.63, 3.8) is 0 Å². The van der Waals surface area contributed by atoms with Gasteiger partial charge in [-0.25, -0.2) is 4.79 Å². The molecule has 4 nitrogen and oxygen atoms in total. The molecule has 1 aliphatic heterocycles. The third-order valence-corrected chi connectivity index (χ3v) is 5.21. The third kappa shape index (κ3) is 4.87. The van der Waals surface area contributed by atoms with Crippen LogP contribution in [0.15, 0.2) is 0 Å². The summed E-state index contributed by atoms with van der Waals surface area (Å²) >= 11 is 0. The first-order valence-electron chi connectivity index (χ1n) is 8.77. The monoisotopic (exact) mass is 296 g/mol. The fraction of sp³-hybridized carbons (Fsp3) is 0.941. The number of rotatable bonds is 4. The SMILES string of the molecule is CCOC(=O)N1CCC(NC2CCC(C(C)C)CC2)CC1. The molecule has 1 aliphatic carbocycles. The molecular formula is C17H32N2O2. The Morgan fingerprint density at radius 1 is 1.10 bits per heavy atom. The predicted octanol–water partition coefficient (Wildman–Crippen LogP) is 3.41. The van der Waals surface area contributed by atoms with Crippen LogP contribution in [0.5, 0.6) is 0 Å². The van der Waals surface area contributed by atoms with E-state index < -0.39 is 0 Å². The molecule has 2 aliphatic rings. The minimum absolute atomic E-state index is 0.145. The maximum atomic E-state index is 11.7. The zero-order valence-electron chi connectivity index (χ0n) is 13.9. The lowest BCUT2D eigenvalue weighted by atomic mass is 9.79. The lowest BCUT2D eigenvalue weighted by molar-refractivity contribution is 0.0930. The summed E-state index contributed by atoms with van der Waals surface area (Å²) in [6.07, 6.45) is 7.36.